The second kappa shape index (κ2) is 5.22. The second-order valence-electron chi connectivity index (χ2n) is 3.97. The van der Waals surface area contributed by atoms with E-state index in [1.807, 2.05) is 6.92 Å². The highest BCUT2D eigenvalue weighted by Crippen LogP contribution is 2.15. The Kier molecular flexibility index (Phi) is 3.66. The molecule has 0 aliphatic heterocycles. The Morgan fingerprint density at radius 3 is 2.72 bits per heavy atom. The number of hydrogen-bond donors (Lipinski definition) is 1. The van der Waals surface area contributed by atoms with Gasteiger partial charge in [-0.1, -0.05) is 6.07 Å². The van der Waals surface area contributed by atoms with Crippen LogP contribution in [-0.4, -0.2) is 17.2 Å². The molecule has 1 heterocycles. The minimum atomic E-state index is -0.879. The molecule has 0 aliphatic rings. The zero-order valence-corrected chi connectivity index (χ0v) is 10.1. The van der Waals surface area contributed by atoms with Crippen LogP contribution in [0.4, 0.5) is 8.78 Å². The van der Waals surface area contributed by atoms with E-state index < -0.39 is 11.6 Å². The van der Waals surface area contributed by atoms with E-state index in [0.717, 1.165) is 12.1 Å². The van der Waals surface area contributed by atoms with Crippen LogP contribution < -0.4 is 5.32 Å². The predicted molar refractivity (Wildman–Crippen MR) is 60.9 cm³/mol. The van der Waals surface area contributed by atoms with Gasteiger partial charge in [0.1, 0.15) is 0 Å². The molecule has 0 fully saturated rings. The molecule has 1 aromatic carbocycles. The normalized spacial score (nSPS) is 12.7. The van der Waals surface area contributed by atoms with Crippen molar-refractivity contribution in [3.8, 4) is 0 Å². The van der Waals surface area contributed by atoms with Gasteiger partial charge >= 0.3 is 0 Å². The third kappa shape index (κ3) is 2.70. The van der Waals surface area contributed by atoms with E-state index in [0.29, 0.717) is 17.3 Å². The molecule has 2 aromatic rings. The third-order valence-electron chi connectivity index (χ3n) is 2.63. The quantitative estimate of drug-likeness (QED) is 0.907. The number of halogens is 2. The van der Waals surface area contributed by atoms with Crippen molar-refractivity contribution in [2.45, 2.75) is 19.4 Å². The van der Waals surface area contributed by atoms with Crippen LogP contribution in [0.25, 0.3) is 0 Å². The van der Waals surface area contributed by atoms with Gasteiger partial charge in [0.15, 0.2) is 11.6 Å². The largest absolute Gasteiger partial charge is 0.423 e. The SMILES string of the molecule is CNC(C)c1nnc(Cc2ccc(F)c(F)c2)o1. The molecule has 0 aliphatic carbocycles. The van der Waals surface area contributed by atoms with Crippen LogP contribution in [0, 0.1) is 11.6 Å². The Bertz CT molecular complexity index is 542. The Labute approximate surface area is 103 Å². The summed E-state index contributed by atoms with van der Waals surface area (Å²) in [6.07, 6.45) is 0.278. The molecule has 1 aromatic heterocycles. The maximum Gasteiger partial charge on any atom is 0.233 e. The van der Waals surface area contributed by atoms with Crippen LogP contribution >= 0.6 is 0 Å². The summed E-state index contributed by atoms with van der Waals surface area (Å²) in [4.78, 5) is 0. The predicted octanol–water partition coefficient (Wildman–Crippen LogP) is 2.22. The van der Waals surface area contributed by atoms with Gasteiger partial charge in [0.25, 0.3) is 0 Å². The molecule has 18 heavy (non-hydrogen) atoms. The summed E-state index contributed by atoms with van der Waals surface area (Å²) in [5.74, 6) is -0.905. The summed E-state index contributed by atoms with van der Waals surface area (Å²) in [6, 6.07) is 3.65. The molecule has 1 unspecified atom stereocenters. The number of nitrogens with one attached hydrogen (secondary N) is 1. The highest BCUT2D eigenvalue weighted by atomic mass is 19.2. The first kappa shape index (κ1) is 12.6. The summed E-state index contributed by atoms with van der Waals surface area (Å²) in [5, 5.41) is 10.7. The first-order valence-corrected chi connectivity index (χ1v) is 5.53. The van der Waals surface area contributed by atoms with Gasteiger partial charge in [0.2, 0.25) is 11.8 Å². The van der Waals surface area contributed by atoms with E-state index in [1.54, 1.807) is 7.05 Å². The van der Waals surface area contributed by atoms with Crippen molar-refractivity contribution >= 4 is 0 Å². The average Bonchev–Trinajstić information content (AvgIpc) is 2.81. The molecule has 0 amide bonds. The molecule has 0 saturated carbocycles. The van der Waals surface area contributed by atoms with E-state index in [1.165, 1.54) is 6.07 Å². The van der Waals surface area contributed by atoms with Crippen molar-refractivity contribution in [1.82, 2.24) is 15.5 Å². The van der Waals surface area contributed by atoms with Gasteiger partial charge in [0, 0.05) is 0 Å². The van der Waals surface area contributed by atoms with Crippen molar-refractivity contribution in [3.05, 3.63) is 47.2 Å². The zero-order chi connectivity index (χ0) is 13.1. The first-order chi connectivity index (χ1) is 8.60. The van der Waals surface area contributed by atoms with Crippen LogP contribution in [0.15, 0.2) is 22.6 Å². The monoisotopic (exact) mass is 253 g/mol. The third-order valence-corrected chi connectivity index (χ3v) is 2.63. The number of nitrogens with zero attached hydrogens (tertiary/aromatic N) is 2. The lowest BCUT2D eigenvalue weighted by Gasteiger charge is -2.02. The summed E-state index contributed by atoms with van der Waals surface area (Å²) in [6.45, 7) is 1.88. The maximum atomic E-state index is 13.0. The van der Waals surface area contributed by atoms with Crippen LogP contribution in [0.5, 0.6) is 0 Å². The highest BCUT2D eigenvalue weighted by molar-refractivity contribution is 5.20. The first-order valence-electron chi connectivity index (χ1n) is 5.53. The maximum absolute atomic E-state index is 13.0. The molecule has 0 spiro atoms. The van der Waals surface area contributed by atoms with Gasteiger partial charge in [-0.3, -0.25) is 0 Å². The second-order valence-corrected chi connectivity index (χ2v) is 3.97. The molecular weight excluding hydrogens is 240 g/mol. The van der Waals surface area contributed by atoms with Crippen LogP contribution in [0.3, 0.4) is 0 Å². The number of benzene rings is 1. The van der Waals surface area contributed by atoms with Crippen molar-refractivity contribution in [3.63, 3.8) is 0 Å². The van der Waals surface area contributed by atoms with Crippen LogP contribution in [0.2, 0.25) is 0 Å². The van der Waals surface area contributed by atoms with Crippen molar-refractivity contribution in [1.29, 1.82) is 0 Å². The lowest BCUT2D eigenvalue weighted by atomic mass is 10.1. The topological polar surface area (TPSA) is 51.0 Å². The fourth-order valence-electron chi connectivity index (χ4n) is 1.46. The zero-order valence-electron chi connectivity index (χ0n) is 10.1. The fraction of sp³-hybridized carbons (Fsp3) is 0.333. The van der Waals surface area contributed by atoms with Gasteiger partial charge in [0.05, 0.1) is 12.5 Å². The van der Waals surface area contributed by atoms with E-state index in [2.05, 4.69) is 15.5 Å². The van der Waals surface area contributed by atoms with Crippen LogP contribution in [-0.2, 0) is 6.42 Å². The number of hydrogen-bond acceptors (Lipinski definition) is 4. The van der Waals surface area contributed by atoms with Crippen molar-refractivity contribution < 1.29 is 13.2 Å². The smallest absolute Gasteiger partial charge is 0.233 e. The number of aromatic nitrogens is 2. The molecular formula is C12H13F2N3O. The number of rotatable bonds is 4. The van der Waals surface area contributed by atoms with Gasteiger partial charge in [-0.25, -0.2) is 8.78 Å². The Morgan fingerprint density at radius 1 is 1.28 bits per heavy atom. The molecule has 4 nitrogen and oxygen atoms in total. The van der Waals surface area contributed by atoms with Crippen molar-refractivity contribution in [2.75, 3.05) is 7.05 Å². The van der Waals surface area contributed by atoms with E-state index in [-0.39, 0.29) is 12.5 Å². The van der Waals surface area contributed by atoms with Gasteiger partial charge in [-0.2, -0.15) is 0 Å². The van der Waals surface area contributed by atoms with E-state index >= 15 is 0 Å². The Morgan fingerprint density at radius 2 is 2.06 bits per heavy atom. The Hall–Kier alpha value is -1.82. The molecule has 6 heteroatoms. The van der Waals surface area contributed by atoms with E-state index in [4.69, 9.17) is 4.42 Å². The lowest BCUT2D eigenvalue weighted by Crippen LogP contribution is -2.12. The molecule has 0 bridgehead atoms. The summed E-state index contributed by atoms with van der Waals surface area (Å²) in [7, 11) is 1.78. The van der Waals surface area contributed by atoms with Gasteiger partial charge < -0.3 is 9.73 Å². The van der Waals surface area contributed by atoms with Crippen molar-refractivity contribution in [2.24, 2.45) is 0 Å². The molecule has 1 atom stereocenters. The summed E-state index contributed by atoms with van der Waals surface area (Å²) >= 11 is 0. The minimum absolute atomic E-state index is 0.0452. The average molecular weight is 253 g/mol. The minimum Gasteiger partial charge on any atom is -0.423 e. The Balaban J connectivity index is 2.13. The summed E-state index contributed by atoms with van der Waals surface area (Å²) < 4.78 is 31.2. The molecule has 0 saturated heterocycles. The molecule has 1 N–H and O–H groups in total. The van der Waals surface area contributed by atoms with Crippen LogP contribution in [0.1, 0.15) is 30.3 Å². The molecule has 0 radical (unpaired) electrons. The lowest BCUT2D eigenvalue weighted by molar-refractivity contribution is 0.410. The van der Waals surface area contributed by atoms with E-state index in [9.17, 15) is 8.78 Å². The highest BCUT2D eigenvalue weighted by Gasteiger charge is 2.12. The molecule has 2 rings (SSSR count). The summed E-state index contributed by atoms with van der Waals surface area (Å²) in [5.41, 5.74) is 0.584. The van der Waals surface area contributed by atoms with Gasteiger partial charge in [-0.05, 0) is 31.7 Å². The van der Waals surface area contributed by atoms with Gasteiger partial charge in [-0.15, -0.1) is 10.2 Å². The molecule has 96 valence electrons. The fourth-order valence-corrected chi connectivity index (χ4v) is 1.46. The standard InChI is InChI=1S/C12H13F2N3O/c1-7(15-2)12-17-16-11(18-12)6-8-3-4-9(13)10(14)5-8/h3-5,7,15H,6H2,1-2H3.